The Labute approximate surface area is 198 Å². The van der Waals surface area contributed by atoms with E-state index >= 15 is 0 Å². The topological polar surface area (TPSA) is 111 Å². The molecule has 0 bridgehead atoms. The van der Waals surface area contributed by atoms with Crippen molar-refractivity contribution in [2.75, 3.05) is 25.5 Å². The number of benzene rings is 2. The van der Waals surface area contributed by atoms with Crippen molar-refractivity contribution in [1.29, 1.82) is 0 Å². The summed E-state index contributed by atoms with van der Waals surface area (Å²) in [6, 6.07) is 11.2. The summed E-state index contributed by atoms with van der Waals surface area (Å²) in [5.74, 6) is -0.246. The van der Waals surface area contributed by atoms with Crippen LogP contribution in [0.25, 0.3) is 10.8 Å². The predicted octanol–water partition coefficient (Wildman–Crippen LogP) is 3.24. The van der Waals surface area contributed by atoms with Gasteiger partial charge in [-0.3, -0.25) is 9.59 Å². The molecule has 1 fully saturated rings. The van der Waals surface area contributed by atoms with Crippen LogP contribution in [0.15, 0.2) is 52.2 Å². The predicted molar refractivity (Wildman–Crippen MR) is 130 cm³/mol. The molecular formula is C24H28N4O5S. The van der Waals surface area contributed by atoms with E-state index in [0.29, 0.717) is 42.6 Å². The Morgan fingerprint density at radius 3 is 2.47 bits per heavy atom. The number of piperidine rings is 1. The number of aromatic nitrogens is 2. The van der Waals surface area contributed by atoms with E-state index in [-0.39, 0.29) is 21.8 Å². The van der Waals surface area contributed by atoms with Gasteiger partial charge in [0, 0.05) is 25.0 Å². The molecular weight excluding hydrogens is 456 g/mol. The summed E-state index contributed by atoms with van der Waals surface area (Å²) in [7, 11) is -2.26. The van der Waals surface area contributed by atoms with E-state index in [1.54, 1.807) is 24.3 Å². The maximum Gasteiger partial charge on any atom is 0.276 e. The van der Waals surface area contributed by atoms with Gasteiger partial charge in [0.05, 0.1) is 23.1 Å². The number of amides is 1. The first kappa shape index (κ1) is 23.9. The first-order valence-corrected chi connectivity index (χ1v) is 12.8. The number of nitrogens with one attached hydrogen (secondary N) is 1. The van der Waals surface area contributed by atoms with E-state index in [1.807, 2.05) is 6.92 Å². The van der Waals surface area contributed by atoms with Gasteiger partial charge >= 0.3 is 0 Å². The Hall–Kier alpha value is -3.24. The van der Waals surface area contributed by atoms with Crippen molar-refractivity contribution in [3.8, 4) is 5.75 Å². The lowest BCUT2D eigenvalue weighted by molar-refractivity contribution is 0.102. The summed E-state index contributed by atoms with van der Waals surface area (Å²) in [5, 5.41) is 7.88. The Balaban J connectivity index is 1.74. The molecule has 1 saturated heterocycles. The van der Waals surface area contributed by atoms with Crippen molar-refractivity contribution in [2.45, 2.75) is 44.0 Å². The number of sulfonamides is 1. The van der Waals surface area contributed by atoms with Crippen molar-refractivity contribution in [2.24, 2.45) is 0 Å². The van der Waals surface area contributed by atoms with Crippen LogP contribution in [0.5, 0.6) is 5.75 Å². The molecule has 0 radical (unpaired) electrons. The number of fused-ring (bicyclic) bond motifs is 1. The number of ether oxygens (including phenoxy) is 1. The standard InChI is InChI=1S/C24H28N4O5S/c1-3-13-28-24(30)19-10-6-5-9-18(19)22(26-28)23(29)25-20-16-17(11-12-21(20)33-2)34(31,32)27-14-7-4-8-15-27/h5-6,9-12,16H,3-4,7-8,13-15H2,1-2H3,(H,25,29). The van der Waals surface area contributed by atoms with Crippen LogP contribution in [0.1, 0.15) is 43.1 Å². The van der Waals surface area contributed by atoms with Crippen molar-refractivity contribution in [3.05, 3.63) is 58.5 Å². The highest BCUT2D eigenvalue weighted by Gasteiger charge is 2.27. The Bertz CT molecular complexity index is 1380. The van der Waals surface area contributed by atoms with Gasteiger partial charge in [0.2, 0.25) is 10.0 Å². The van der Waals surface area contributed by atoms with Gasteiger partial charge in [0.1, 0.15) is 5.75 Å². The number of hydrogen-bond acceptors (Lipinski definition) is 6. The third kappa shape index (κ3) is 4.55. The highest BCUT2D eigenvalue weighted by atomic mass is 32.2. The van der Waals surface area contributed by atoms with Crippen LogP contribution in [-0.4, -0.2) is 48.6 Å². The highest BCUT2D eigenvalue weighted by Crippen LogP contribution is 2.30. The van der Waals surface area contributed by atoms with E-state index in [2.05, 4.69) is 10.4 Å². The molecule has 0 aliphatic carbocycles. The van der Waals surface area contributed by atoms with Gasteiger partial charge in [-0.2, -0.15) is 9.40 Å². The van der Waals surface area contributed by atoms with Gasteiger partial charge in [-0.05, 0) is 43.5 Å². The lowest BCUT2D eigenvalue weighted by Gasteiger charge is -2.26. The summed E-state index contributed by atoms with van der Waals surface area (Å²) in [4.78, 5) is 26.1. The van der Waals surface area contributed by atoms with Crippen LogP contribution < -0.4 is 15.6 Å². The van der Waals surface area contributed by atoms with E-state index < -0.39 is 15.9 Å². The smallest absolute Gasteiger partial charge is 0.276 e. The second-order valence-electron chi connectivity index (χ2n) is 8.20. The second kappa shape index (κ2) is 9.94. The fourth-order valence-corrected chi connectivity index (χ4v) is 5.69. The summed E-state index contributed by atoms with van der Waals surface area (Å²) < 4.78 is 34.4. The average molecular weight is 485 g/mol. The minimum absolute atomic E-state index is 0.0787. The van der Waals surface area contributed by atoms with E-state index in [9.17, 15) is 18.0 Å². The minimum atomic E-state index is -3.70. The third-order valence-corrected chi connectivity index (χ3v) is 7.78. The molecule has 1 aromatic heterocycles. The van der Waals surface area contributed by atoms with Crippen LogP contribution in [0.3, 0.4) is 0 Å². The van der Waals surface area contributed by atoms with Crippen LogP contribution in [0.2, 0.25) is 0 Å². The minimum Gasteiger partial charge on any atom is -0.495 e. The van der Waals surface area contributed by atoms with Crippen molar-refractivity contribution in [1.82, 2.24) is 14.1 Å². The van der Waals surface area contributed by atoms with Crippen LogP contribution >= 0.6 is 0 Å². The number of aryl methyl sites for hydroxylation is 1. The normalized spacial score (nSPS) is 14.8. The molecule has 1 aliphatic rings. The molecule has 3 aromatic rings. The number of carbonyl (C=O) groups is 1. The highest BCUT2D eigenvalue weighted by molar-refractivity contribution is 7.89. The summed E-state index contributed by atoms with van der Waals surface area (Å²) in [5.41, 5.74) is 0.0286. The van der Waals surface area contributed by atoms with Crippen LogP contribution in [0, 0.1) is 0 Å². The first-order chi connectivity index (χ1) is 16.4. The van der Waals surface area contributed by atoms with Gasteiger partial charge in [-0.1, -0.05) is 31.5 Å². The Morgan fingerprint density at radius 1 is 1.09 bits per heavy atom. The van der Waals surface area contributed by atoms with Crippen molar-refractivity contribution < 1.29 is 17.9 Å². The zero-order chi connectivity index (χ0) is 24.3. The van der Waals surface area contributed by atoms with Crippen molar-refractivity contribution >= 4 is 32.4 Å². The molecule has 1 aliphatic heterocycles. The van der Waals surface area contributed by atoms with Crippen LogP contribution in [-0.2, 0) is 16.6 Å². The van der Waals surface area contributed by atoms with Gasteiger partial charge in [0.25, 0.3) is 11.5 Å². The number of carbonyl (C=O) groups excluding carboxylic acids is 1. The molecule has 180 valence electrons. The molecule has 0 spiro atoms. The third-order valence-electron chi connectivity index (χ3n) is 5.89. The number of nitrogens with zero attached hydrogens (tertiary/aromatic N) is 3. The Kier molecular flexibility index (Phi) is 6.99. The number of rotatable bonds is 7. The number of hydrogen-bond donors (Lipinski definition) is 1. The summed E-state index contributed by atoms with van der Waals surface area (Å²) in [6.07, 6.45) is 3.34. The summed E-state index contributed by atoms with van der Waals surface area (Å²) >= 11 is 0. The maximum absolute atomic E-state index is 13.3. The van der Waals surface area contributed by atoms with Crippen LogP contribution in [0.4, 0.5) is 5.69 Å². The zero-order valence-corrected chi connectivity index (χ0v) is 20.1. The first-order valence-electron chi connectivity index (χ1n) is 11.4. The molecule has 34 heavy (non-hydrogen) atoms. The van der Waals surface area contributed by atoms with E-state index in [1.165, 1.54) is 34.3 Å². The molecule has 9 nitrogen and oxygen atoms in total. The molecule has 4 rings (SSSR count). The molecule has 0 unspecified atom stereocenters. The number of anilines is 1. The summed E-state index contributed by atoms with van der Waals surface area (Å²) in [6.45, 7) is 3.24. The van der Waals surface area contributed by atoms with Gasteiger partial charge < -0.3 is 10.1 Å². The molecule has 10 heteroatoms. The fourth-order valence-electron chi connectivity index (χ4n) is 4.15. The number of methoxy groups -OCH3 is 1. The van der Waals surface area contributed by atoms with Crippen molar-refractivity contribution in [3.63, 3.8) is 0 Å². The van der Waals surface area contributed by atoms with E-state index in [4.69, 9.17) is 4.74 Å². The quantitative estimate of drug-likeness (QED) is 0.551. The maximum atomic E-state index is 13.3. The molecule has 2 aromatic carbocycles. The Morgan fingerprint density at radius 2 is 1.79 bits per heavy atom. The van der Waals surface area contributed by atoms with Gasteiger partial charge in [0.15, 0.2) is 5.69 Å². The molecule has 0 atom stereocenters. The van der Waals surface area contributed by atoms with E-state index in [0.717, 1.165) is 19.3 Å². The lowest BCUT2D eigenvalue weighted by atomic mass is 10.1. The zero-order valence-electron chi connectivity index (χ0n) is 19.3. The molecule has 0 saturated carbocycles. The average Bonchev–Trinajstić information content (AvgIpc) is 2.86. The molecule has 1 amide bonds. The van der Waals surface area contributed by atoms with Gasteiger partial charge in [-0.25, -0.2) is 13.1 Å². The molecule has 2 heterocycles. The van der Waals surface area contributed by atoms with Gasteiger partial charge in [-0.15, -0.1) is 0 Å². The fraction of sp³-hybridized carbons (Fsp3) is 0.375. The largest absolute Gasteiger partial charge is 0.495 e. The second-order valence-corrected chi connectivity index (χ2v) is 10.1. The monoisotopic (exact) mass is 484 g/mol. The SMILES string of the molecule is CCCn1nc(C(=O)Nc2cc(S(=O)(=O)N3CCCCC3)ccc2OC)c2ccccc2c1=O. The molecule has 1 N–H and O–H groups in total. The lowest BCUT2D eigenvalue weighted by Crippen LogP contribution is -2.35.